The highest BCUT2D eigenvalue weighted by molar-refractivity contribution is 6.02. The Bertz CT molecular complexity index is 893. The van der Waals surface area contributed by atoms with E-state index in [1.807, 2.05) is 0 Å². The number of ether oxygens (including phenoxy) is 1. The number of carboxylic acids is 1. The van der Waals surface area contributed by atoms with Crippen LogP contribution in [-0.4, -0.2) is 57.8 Å². The SMILES string of the molecule is NC(N)(N)C(N)(N)C(N)(N)C(N)(N)C(N)(N)C(N)(N)CCOC(=O)c1ccccc1C(=O)O. The van der Waals surface area contributed by atoms with Gasteiger partial charge in [-0.2, -0.15) is 0 Å². The number of hydrogen-bond donors (Lipinski definition) is 14. The average Bonchev–Trinajstić information content (AvgIpc) is 2.66. The van der Waals surface area contributed by atoms with Crippen molar-refractivity contribution in [2.75, 3.05) is 6.61 Å². The quantitative estimate of drug-likeness (QED) is 0.111. The molecule has 33 heavy (non-hydrogen) atoms. The molecule has 0 heterocycles. The molecule has 0 unspecified atom stereocenters. The first-order valence-corrected chi connectivity index (χ1v) is 9.31. The Balaban J connectivity index is 3.12. The Morgan fingerprint density at radius 3 is 1.55 bits per heavy atom. The molecular weight excluding hydrogens is 438 g/mol. The summed E-state index contributed by atoms with van der Waals surface area (Å²) < 4.78 is 5.04. The third-order valence-electron chi connectivity index (χ3n) is 5.67. The van der Waals surface area contributed by atoms with Crippen LogP contribution in [-0.2, 0) is 4.74 Å². The van der Waals surface area contributed by atoms with Gasteiger partial charge in [-0.15, -0.1) is 0 Å². The van der Waals surface area contributed by atoms with Gasteiger partial charge in [-0.25, -0.2) is 9.59 Å². The lowest BCUT2D eigenvalue weighted by Crippen LogP contribution is -3.05. The van der Waals surface area contributed by atoms with Gasteiger partial charge in [0.15, 0.2) is 5.79 Å². The summed E-state index contributed by atoms with van der Waals surface area (Å²) in [4.78, 5) is 23.6. The molecule has 0 radical (unpaired) electrons. The van der Waals surface area contributed by atoms with Crippen molar-refractivity contribution in [1.82, 2.24) is 0 Å². The smallest absolute Gasteiger partial charge is 0.339 e. The van der Waals surface area contributed by atoms with E-state index >= 15 is 0 Å². The number of carbonyl (C=O) groups excluding carboxylic acids is 1. The molecular formula is C16H35N13O4. The van der Waals surface area contributed by atoms with Crippen LogP contribution >= 0.6 is 0 Å². The highest BCUT2D eigenvalue weighted by Gasteiger charge is 2.68. The number of nitrogens with two attached hydrogens (primary N) is 13. The Morgan fingerprint density at radius 1 is 0.697 bits per heavy atom. The predicted octanol–water partition coefficient (Wildman–Crippen LogP) is -7.47. The van der Waals surface area contributed by atoms with Gasteiger partial charge in [-0.3, -0.25) is 17.2 Å². The lowest BCUT2D eigenvalue weighted by atomic mass is 9.69. The molecule has 0 bridgehead atoms. The standard InChI is InChI=1S/C16H35N13O4/c17-11(18,5-6-33-10(32)8-4-2-1-3-7(8)9(30)31)12(19,20)13(21,22)14(23,24)15(25,26)16(27,28)29/h1-4H,5-6,17-29H2,(H,30,31). The van der Waals surface area contributed by atoms with Crippen molar-refractivity contribution in [3.63, 3.8) is 0 Å². The van der Waals surface area contributed by atoms with Gasteiger partial charge in [0.1, 0.15) is 28.3 Å². The number of benzene rings is 1. The molecule has 0 spiro atoms. The normalized spacial score (nSPS) is 14.2. The fourth-order valence-electron chi connectivity index (χ4n) is 2.87. The molecule has 0 fully saturated rings. The summed E-state index contributed by atoms with van der Waals surface area (Å²) in [6.07, 6.45) is -0.464. The Hall–Kier alpha value is -2.36. The van der Waals surface area contributed by atoms with Crippen LogP contribution in [0.2, 0.25) is 0 Å². The molecule has 0 aliphatic heterocycles. The van der Waals surface area contributed by atoms with E-state index < -0.39 is 59.1 Å². The molecule has 0 saturated heterocycles. The Labute approximate surface area is 189 Å². The first-order chi connectivity index (χ1) is 14.6. The molecule has 0 aromatic heterocycles. The second kappa shape index (κ2) is 8.77. The number of hydrogen-bond acceptors (Lipinski definition) is 16. The van der Waals surface area contributed by atoms with Gasteiger partial charge < -0.3 is 67.2 Å². The Kier molecular flexibility index (Phi) is 7.62. The van der Waals surface area contributed by atoms with E-state index in [0.717, 1.165) is 0 Å². The zero-order valence-electron chi connectivity index (χ0n) is 17.9. The van der Waals surface area contributed by atoms with Crippen LogP contribution in [0.3, 0.4) is 0 Å². The number of rotatable bonds is 10. The van der Waals surface area contributed by atoms with Crippen LogP contribution in [0.15, 0.2) is 24.3 Å². The minimum atomic E-state index is -2.68. The first kappa shape index (κ1) is 28.7. The van der Waals surface area contributed by atoms with Crippen molar-refractivity contribution in [1.29, 1.82) is 0 Å². The van der Waals surface area contributed by atoms with E-state index in [0.29, 0.717) is 0 Å². The largest absolute Gasteiger partial charge is 0.478 e. The van der Waals surface area contributed by atoms with Gasteiger partial charge in [0.05, 0.1) is 17.7 Å². The monoisotopic (exact) mass is 473 g/mol. The van der Waals surface area contributed by atoms with Crippen molar-refractivity contribution in [3.05, 3.63) is 35.4 Å². The first-order valence-electron chi connectivity index (χ1n) is 9.31. The van der Waals surface area contributed by atoms with E-state index in [4.69, 9.17) is 79.3 Å². The fraction of sp³-hybridized carbons (Fsp3) is 0.500. The summed E-state index contributed by atoms with van der Waals surface area (Å²) in [5.74, 6) is -4.74. The molecule has 0 amide bonds. The average molecular weight is 474 g/mol. The van der Waals surface area contributed by atoms with Gasteiger partial charge in [0, 0.05) is 6.42 Å². The molecule has 0 atom stereocenters. The molecule has 27 N–H and O–H groups in total. The number of esters is 1. The maximum Gasteiger partial charge on any atom is 0.339 e. The highest BCUT2D eigenvalue weighted by Crippen LogP contribution is 2.29. The minimum Gasteiger partial charge on any atom is -0.478 e. The van der Waals surface area contributed by atoms with Crippen molar-refractivity contribution in [3.8, 4) is 0 Å². The van der Waals surface area contributed by atoms with Crippen molar-refractivity contribution < 1.29 is 19.4 Å². The molecule has 17 nitrogen and oxygen atoms in total. The summed E-state index contributed by atoms with van der Waals surface area (Å²) in [7, 11) is 0. The van der Waals surface area contributed by atoms with Gasteiger partial charge in [0.25, 0.3) is 0 Å². The molecule has 0 aliphatic carbocycles. The molecule has 1 rings (SSSR count). The predicted molar refractivity (Wildman–Crippen MR) is 119 cm³/mol. The maximum atomic E-state index is 12.3. The lowest BCUT2D eigenvalue weighted by Gasteiger charge is -2.60. The maximum absolute atomic E-state index is 12.3. The summed E-state index contributed by atoms with van der Waals surface area (Å²) in [6, 6.07) is 5.35. The second-order valence-electron chi connectivity index (χ2n) is 8.19. The molecule has 0 saturated carbocycles. The Morgan fingerprint density at radius 2 is 1.12 bits per heavy atom. The third-order valence-corrected chi connectivity index (χ3v) is 5.67. The van der Waals surface area contributed by atoms with Gasteiger partial charge in [-0.1, -0.05) is 12.1 Å². The van der Waals surface area contributed by atoms with Crippen molar-refractivity contribution in [2.45, 2.75) is 40.5 Å². The van der Waals surface area contributed by atoms with Crippen LogP contribution < -0.4 is 74.5 Å². The van der Waals surface area contributed by atoms with Crippen LogP contribution in [0.25, 0.3) is 0 Å². The zero-order valence-corrected chi connectivity index (χ0v) is 17.9. The molecule has 1 aromatic rings. The molecule has 1 aromatic carbocycles. The van der Waals surface area contributed by atoms with Crippen molar-refractivity contribution in [2.24, 2.45) is 74.5 Å². The number of carboxylic acid groups (broad SMARTS) is 1. The van der Waals surface area contributed by atoms with Crippen LogP contribution in [0.5, 0.6) is 0 Å². The topological polar surface area (TPSA) is 402 Å². The van der Waals surface area contributed by atoms with E-state index in [2.05, 4.69) is 0 Å². The van der Waals surface area contributed by atoms with Crippen LogP contribution in [0.4, 0.5) is 0 Å². The number of aromatic carboxylic acids is 1. The zero-order chi connectivity index (χ0) is 26.3. The van der Waals surface area contributed by atoms with Crippen LogP contribution in [0, 0.1) is 0 Å². The second-order valence-corrected chi connectivity index (χ2v) is 8.19. The number of carbonyl (C=O) groups is 2. The lowest BCUT2D eigenvalue weighted by molar-refractivity contribution is -0.0177. The van der Waals surface area contributed by atoms with E-state index in [1.54, 1.807) is 0 Å². The molecule has 0 aliphatic rings. The van der Waals surface area contributed by atoms with Crippen molar-refractivity contribution >= 4 is 11.9 Å². The third kappa shape index (κ3) is 4.81. The van der Waals surface area contributed by atoms with E-state index in [-0.39, 0.29) is 11.1 Å². The summed E-state index contributed by atoms with van der Waals surface area (Å²) in [5.41, 5.74) is 63.2. The highest BCUT2D eigenvalue weighted by atomic mass is 16.5. The summed E-state index contributed by atoms with van der Waals surface area (Å²) >= 11 is 0. The van der Waals surface area contributed by atoms with E-state index in [1.165, 1.54) is 24.3 Å². The molecule has 17 heteroatoms. The molecule has 188 valence electrons. The summed E-state index contributed by atoms with van der Waals surface area (Å²) in [5, 5.41) is 9.19. The van der Waals surface area contributed by atoms with Gasteiger partial charge >= 0.3 is 11.9 Å². The van der Waals surface area contributed by atoms with Gasteiger partial charge in [0.2, 0.25) is 0 Å². The van der Waals surface area contributed by atoms with Gasteiger partial charge in [-0.05, 0) is 12.1 Å². The minimum absolute atomic E-state index is 0.215. The van der Waals surface area contributed by atoms with Crippen LogP contribution in [0.1, 0.15) is 27.1 Å². The fourth-order valence-corrected chi connectivity index (χ4v) is 2.87. The van der Waals surface area contributed by atoms with E-state index in [9.17, 15) is 14.7 Å². The summed E-state index contributed by atoms with van der Waals surface area (Å²) in [6.45, 7) is -0.501.